The Labute approximate surface area is 223 Å². The lowest BCUT2D eigenvalue weighted by molar-refractivity contribution is -0.185. The molecule has 0 bridgehead atoms. The van der Waals surface area contributed by atoms with Gasteiger partial charge < -0.3 is 4.74 Å². The molecular weight excluding hydrogens is 464 g/mol. The van der Waals surface area contributed by atoms with Gasteiger partial charge in [-0.25, -0.2) is 9.98 Å². The van der Waals surface area contributed by atoms with Crippen LogP contribution in [-0.4, -0.2) is 41.2 Å². The van der Waals surface area contributed by atoms with Crippen molar-refractivity contribution >= 4 is 23.5 Å². The Kier molecular flexibility index (Phi) is 8.54. The van der Waals surface area contributed by atoms with E-state index in [0.717, 1.165) is 25.7 Å². The van der Waals surface area contributed by atoms with Gasteiger partial charge in [0.15, 0.2) is 17.2 Å². The predicted octanol–water partition coefficient (Wildman–Crippen LogP) is 6.55. The summed E-state index contributed by atoms with van der Waals surface area (Å²) in [6, 6.07) is 3.26. The van der Waals surface area contributed by atoms with Crippen molar-refractivity contribution in [3.8, 4) is 0 Å². The molecule has 0 aromatic heterocycles. The molecule has 204 valence electrons. The van der Waals surface area contributed by atoms with Crippen LogP contribution in [0.1, 0.15) is 101 Å². The quantitative estimate of drug-likeness (QED) is 0.317. The molecular formula is C31H46N2O4. The smallest absolute Gasteiger partial charge is 0.303 e. The van der Waals surface area contributed by atoms with Crippen molar-refractivity contribution in [1.29, 1.82) is 0 Å². The summed E-state index contributed by atoms with van der Waals surface area (Å²) in [6.45, 7) is 17.6. The van der Waals surface area contributed by atoms with Crippen molar-refractivity contribution in [2.45, 2.75) is 119 Å². The minimum atomic E-state index is -0.990. The van der Waals surface area contributed by atoms with Gasteiger partial charge in [-0.2, -0.15) is 0 Å². The zero-order chi connectivity index (χ0) is 27.8. The number of carbonyl (C=O) groups excluding carboxylic acids is 3. The highest BCUT2D eigenvalue weighted by Gasteiger charge is 2.67. The van der Waals surface area contributed by atoms with Gasteiger partial charge in [0, 0.05) is 18.8 Å². The van der Waals surface area contributed by atoms with Crippen LogP contribution >= 0.6 is 0 Å². The minimum absolute atomic E-state index is 0.0160. The first kappa shape index (κ1) is 29.2. The van der Waals surface area contributed by atoms with Crippen molar-refractivity contribution < 1.29 is 19.1 Å². The molecule has 2 saturated carbocycles. The lowest BCUT2D eigenvalue weighted by atomic mass is 9.47. The SMILES string of the molecule is CC(=O)O[C@]1(C(C)=O)CC[C@H]2[C@@H]3C=C(C)C4=CC(=O)CC[C@]4(C)[C@H]3CC[C@@]21C.CC(C)N=C=NC(C)C. The van der Waals surface area contributed by atoms with Crippen molar-refractivity contribution in [3.63, 3.8) is 0 Å². The average Bonchev–Trinajstić information content (AvgIpc) is 3.08. The van der Waals surface area contributed by atoms with Gasteiger partial charge in [0.2, 0.25) is 0 Å². The van der Waals surface area contributed by atoms with Crippen LogP contribution < -0.4 is 0 Å². The van der Waals surface area contributed by atoms with Crippen molar-refractivity contribution in [3.05, 3.63) is 23.3 Å². The van der Waals surface area contributed by atoms with E-state index in [1.807, 2.05) is 33.8 Å². The third-order valence-electron chi connectivity index (χ3n) is 9.47. The van der Waals surface area contributed by atoms with Gasteiger partial charge in [0.1, 0.15) is 0 Å². The number of hydrogen-bond donors (Lipinski definition) is 0. The summed E-state index contributed by atoms with van der Waals surface area (Å²) in [7, 11) is 0. The van der Waals surface area contributed by atoms with E-state index in [4.69, 9.17) is 4.74 Å². The van der Waals surface area contributed by atoms with Gasteiger partial charge in [-0.3, -0.25) is 14.4 Å². The highest BCUT2D eigenvalue weighted by Crippen LogP contribution is 2.67. The summed E-state index contributed by atoms with van der Waals surface area (Å²) in [5.41, 5.74) is 1.15. The molecule has 0 spiro atoms. The van der Waals surface area contributed by atoms with Crippen LogP contribution in [0.5, 0.6) is 0 Å². The molecule has 4 aliphatic rings. The predicted molar refractivity (Wildman–Crippen MR) is 147 cm³/mol. The summed E-state index contributed by atoms with van der Waals surface area (Å²) in [4.78, 5) is 44.6. The maximum Gasteiger partial charge on any atom is 0.303 e. The summed E-state index contributed by atoms with van der Waals surface area (Å²) in [5.74, 6) is 1.03. The van der Waals surface area contributed by atoms with Gasteiger partial charge in [-0.15, -0.1) is 0 Å². The van der Waals surface area contributed by atoms with Crippen molar-refractivity contribution in [2.75, 3.05) is 0 Å². The summed E-state index contributed by atoms with van der Waals surface area (Å²) >= 11 is 0. The van der Waals surface area contributed by atoms with E-state index in [0.29, 0.717) is 42.7 Å². The van der Waals surface area contributed by atoms with E-state index < -0.39 is 5.60 Å². The molecule has 0 heterocycles. The fraction of sp³-hybridized carbons (Fsp3) is 0.742. The lowest BCUT2D eigenvalue weighted by Crippen LogP contribution is -2.58. The maximum atomic E-state index is 12.8. The molecule has 0 N–H and O–H groups in total. The van der Waals surface area contributed by atoms with Crippen molar-refractivity contribution in [1.82, 2.24) is 0 Å². The van der Waals surface area contributed by atoms with E-state index in [1.54, 1.807) is 6.92 Å². The molecule has 4 rings (SSSR count). The third-order valence-corrected chi connectivity index (χ3v) is 9.47. The van der Waals surface area contributed by atoms with Gasteiger partial charge in [0.25, 0.3) is 0 Å². The Hall–Kier alpha value is -2.33. The van der Waals surface area contributed by atoms with E-state index in [2.05, 4.69) is 42.8 Å². The zero-order valence-electron chi connectivity index (χ0n) is 24.3. The number of nitrogens with zero attached hydrogens (tertiary/aromatic N) is 2. The van der Waals surface area contributed by atoms with E-state index in [-0.39, 0.29) is 28.4 Å². The Morgan fingerprint density at radius 3 is 2.14 bits per heavy atom. The van der Waals surface area contributed by atoms with E-state index in [1.165, 1.54) is 18.1 Å². The van der Waals surface area contributed by atoms with E-state index >= 15 is 0 Å². The van der Waals surface area contributed by atoms with Crippen LogP contribution in [0.3, 0.4) is 0 Å². The molecule has 2 fully saturated rings. The highest BCUT2D eigenvalue weighted by atomic mass is 16.6. The number of rotatable bonds is 4. The first-order valence-corrected chi connectivity index (χ1v) is 14.0. The number of ether oxygens (including phenoxy) is 1. The standard InChI is InChI=1S/C24H32O4.C7H14N2/c1-14-12-18-19(22(4)9-6-17(27)13-21(14)22)7-10-23(5)20(18)8-11-24(23,15(2)25)28-16(3)26;1-6(2)8-5-9-7(3)4/h12-13,18-20H,6-11H2,1-5H3;6-7H,1-4H3/t18-,19+,20+,22-,23+,24+;/m1./s1. The Morgan fingerprint density at radius 1 is 1.00 bits per heavy atom. The third kappa shape index (κ3) is 5.32. The Balaban J connectivity index is 0.000000364. The largest absolute Gasteiger partial charge is 0.451 e. The fourth-order valence-electron chi connectivity index (χ4n) is 7.74. The zero-order valence-corrected chi connectivity index (χ0v) is 24.3. The summed E-state index contributed by atoms with van der Waals surface area (Å²) in [5, 5.41) is 0. The van der Waals surface area contributed by atoms with Crippen LogP contribution in [0.25, 0.3) is 0 Å². The molecule has 0 amide bonds. The van der Waals surface area contributed by atoms with Gasteiger partial charge in [0.05, 0.1) is 18.1 Å². The molecule has 0 saturated heterocycles. The van der Waals surface area contributed by atoms with Gasteiger partial charge in [-0.05, 0) is 108 Å². The number of esters is 1. The van der Waals surface area contributed by atoms with Crippen LogP contribution in [0.15, 0.2) is 33.3 Å². The second-order valence-electron chi connectivity index (χ2n) is 12.6. The molecule has 0 aromatic carbocycles. The van der Waals surface area contributed by atoms with Crippen LogP contribution in [0.2, 0.25) is 0 Å². The molecule has 6 nitrogen and oxygen atoms in total. The average molecular weight is 511 g/mol. The number of ketones is 2. The second-order valence-corrected chi connectivity index (χ2v) is 12.6. The second kappa shape index (κ2) is 10.8. The van der Waals surface area contributed by atoms with E-state index in [9.17, 15) is 14.4 Å². The number of fused-ring (bicyclic) bond motifs is 5. The first-order chi connectivity index (χ1) is 17.2. The monoisotopic (exact) mass is 510 g/mol. The number of allylic oxidation sites excluding steroid dienone is 4. The summed E-state index contributed by atoms with van der Waals surface area (Å²) in [6.07, 6.45) is 9.20. The molecule has 0 radical (unpaired) electrons. The number of aliphatic imine (C=N–C) groups is 2. The van der Waals surface area contributed by atoms with Gasteiger partial charge in [-0.1, -0.05) is 25.5 Å². The maximum absolute atomic E-state index is 12.8. The molecule has 37 heavy (non-hydrogen) atoms. The normalized spacial score (nSPS) is 36.1. The van der Waals surface area contributed by atoms with Crippen molar-refractivity contribution in [2.24, 2.45) is 38.6 Å². The molecule has 6 heteroatoms. The fourth-order valence-corrected chi connectivity index (χ4v) is 7.74. The molecule has 0 aliphatic heterocycles. The first-order valence-electron chi connectivity index (χ1n) is 14.0. The molecule has 0 unspecified atom stereocenters. The van der Waals surface area contributed by atoms with Crippen LogP contribution in [-0.2, 0) is 19.1 Å². The highest BCUT2D eigenvalue weighted by molar-refractivity contribution is 5.92. The number of carbonyl (C=O) groups is 3. The van der Waals surface area contributed by atoms with Crippen LogP contribution in [0, 0.1) is 28.6 Å². The number of Topliss-reactive ketones (excluding diaryl/α,β-unsaturated/α-hetero) is 1. The topological polar surface area (TPSA) is 85.2 Å². The number of hydrogen-bond acceptors (Lipinski definition) is 6. The molecule has 0 aromatic rings. The minimum Gasteiger partial charge on any atom is -0.451 e. The molecule has 4 aliphatic carbocycles. The van der Waals surface area contributed by atoms with Crippen LogP contribution in [0.4, 0.5) is 0 Å². The Bertz CT molecular complexity index is 1050. The molecule has 6 atom stereocenters. The van der Waals surface area contributed by atoms with Gasteiger partial charge >= 0.3 is 5.97 Å². The summed E-state index contributed by atoms with van der Waals surface area (Å²) < 4.78 is 5.82. The lowest BCUT2D eigenvalue weighted by Gasteiger charge is -2.58. The Morgan fingerprint density at radius 2 is 1.59 bits per heavy atom.